The van der Waals surface area contributed by atoms with E-state index in [1.807, 2.05) is 0 Å². The fourth-order valence-electron chi connectivity index (χ4n) is 2.12. The van der Waals surface area contributed by atoms with Crippen molar-refractivity contribution in [2.75, 3.05) is 6.54 Å². The van der Waals surface area contributed by atoms with Crippen LogP contribution in [0.4, 0.5) is 9.59 Å². The fourth-order valence-corrected chi connectivity index (χ4v) is 2.12. The molecule has 3 atom stereocenters. The Labute approximate surface area is 130 Å². The molecule has 0 radical (unpaired) electrons. The summed E-state index contributed by atoms with van der Waals surface area (Å²) in [5.41, 5.74) is 5.95. The van der Waals surface area contributed by atoms with Crippen molar-refractivity contribution in [2.24, 2.45) is 5.73 Å². The van der Waals surface area contributed by atoms with Crippen LogP contribution in [0.15, 0.2) is 6.20 Å². The molecular formula is C11H17N7O5. The van der Waals surface area contributed by atoms with Crippen LogP contribution in [0, 0.1) is 0 Å². The zero-order chi connectivity index (χ0) is 17.0. The van der Waals surface area contributed by atoms with Gasteiger partial charge in [0.25, 0.3) is 0 Å². The van der Waals surface area contributed by atoms with Gasteiger partial charge < -0.3 is 31.9 Å². The van der Waals surface area contributed by atoms with Gasteiger partial charge in [-0.2, -0.15) is 15.0 Å². The Balaban J connectivity index is 1.96. The Morgan fingerprint density at radius 1 is 1.43 bits per heavy atom. The number of nitrogens with one attached hydrogen (secondary N) is 3. The Hall–Kier alpha value is -2.89. The van der Waals surface area contributed by atoms with Crippen molar-refractivity contribution in [3.05, 3.63) is 11.9 Å². The van der Waals surface area contributed by atoms with E-state index in [1.54, 1.807) is 0 Å². The predicted octanol–water partition coefficient (Wildman–Crippen LogP) is -1.93. The van der Waals surface area contributed by atoms with Gasteiger partial charge in [-0.25, -0.2) is 9.59 Å². The van der Waals surface area contributed by atoms with Crippen molar-refractivity contribution >= 4 is 18.1 Å². The second-order valence-corrected chi connectivity index (χ2v) is 4.99. The summed E-state index contributed by atoms with van der Waals surface area (Å²) in [6.07, 6.45) is -0.893. The lowest BCUT2D eigenvalue weighted by molar-refractivity contribution is -0.130. The molecule has 1 aromatic heterocycles. The normalized spacial score (nSPS) is 21.0. The highest BCUT2D eigenvalue weighted by Gasteiger charge is 2.36. The van der Waals surface area contributed by atoms with Crippen LogP contribution in [0.2, 0.25) is 0 Å². The molecule has 3 amide bonds. The van der Waals surface area contributed by atoms with Crippen molar-refractivity contribution in [1.29, 1.82) is 0 Å². The van der Waals surface area contributed by atoms with Crippen molar-refractivity contribution in [1.82, 2.24) is 30.9 Å². The van der Waals surface area contributed by atoms with Crippen LogP contribution in [0.3, 0.4) is 0 Å². The van der Waals surface area contributed by atoms with E-state index in [4.69, 9.17) is 15.9 Å². The molecule has 1 saturated heterocycles. The highest BCUT2D eigenvalue weighted by Crippen LogP contribution is 2.14. The van der Waals surface area contributed by atoms with Gasteiger partial charge in [0.2, 0.25) is 5.91 Å². The first kappa shape index (κ1) is 16.5. The smallest absolute Gasteiger partial charge is 0.405 e. The summed E-state index contributed by atoms with van der Waals surface area (Å²) >= 11 is 0. The third-order valence-corrected chi connectivity index (χ3v) is 3.34. The van der Waals surface area contributed by atoms with Crippen molar-refractivity contribution in [3.63, 3.8) is 0 Å². The average molecular weight is 327 g/mol. The third-order valence-electron chi connectivity index (χ3n) is 3.34. The number of hydrogen-bond acceptors (Lipinski definition) is 6. The molecule has 1 aromatic rings. The molecule has 1 aliphatic heterocycles. The number of carbonyl (C=O) groups excluding carboxylic acids is 1. The highest BCUT2D eigenvalue weighted by molar-refractivity contribution is 5.88. The summed E-state index contributed by atoms with van der Waals surface area (Å²) in [6.45, 7) is 0.316. The number of amides is 3. The van der Waals surface area contributed by atoms with Crippen molar-refractivity contribution < 1.29 is 24.6 Å². The summed E-state index contributed by atoms with van der Waals surface area (Å²) in [5.74, 6) is -0.243. The van der Waals surface area contributed by atoms with E-state index in [2.05, 4.69) is 26.1 Å². The van der Waals surface area contributed by atoms with Crippen LogP contribution in [0.5, 0.6) is 0 Å². The second-order valence-electron chi connectivity index (χ2n) is 4.99. The number of hydrogen-bond donors (Lipinski definition) is 6. The summed E-state index contributed by atoms with van der Waals surface area (Å²) in [5, 5.41) is 32.5. The van der Waals surface area contributed by atoms with E-state index in [0.29, 0.717) is 5.69 Å². The topological polar surface area (TPSA) is 184 Å². The molecule has 2 heterocycles. The van der Waals surface area contributed by atoms with Gasteiger partial charge in [0.1, 0.15) is 11.7 Å². The fraction of sp³-hybridized carbons (Fsp3) is 0.545. The molecule has 0 saturated carbocycles. The molecule has 23 heavy (non-hydrogen) atoms. The summed E-state index contributed by atoms with van der Waals surface area (Å²) in [6, 6.07) is -1.60. The first-order valence-corrected chi connectivity index (χ1v) is 6.79. The number of aromatic nitrogens is 3. The first-order valence-electron chi connectivity index (χ1n) is 6.79. The van der Waals surface area contributed by atoms with Gasteiger partial charge in [0.15, 0.2) is 0 Å². The van der Waals surface area contributed by atoms with Gasteiger partial charge >= 0.3 is 12.2 Å². The molecule has 7 N–H and O–H groups in total. The molecule has 0 aromatic carbocycles. The monoisotopic (exact) mass is 327 g/mol. The Morgan fingerprint density at radius 3 is 2.74 bits per heavy atom. The largest absolute Gasteiger partial charge is 0.465 e. The molecule has 126 valence electrons. The van der Waals surface area contributed by atoms with Crippen LogP contribution < -0.4 is 21.7 Å². The van der Waals surface area contributed by atoms with Crippen LogP contribution in [0.25, 0.3) is 0 Å². The standard InChI is InChI=1S/C11H17N7O5/c12-8-7(15-9(8)19)4-18-14-3-6(17-18)5(16-11(22)23)1-2-13-10(20)21/h3,5,7-8,13,16H,1-2,4,12H2,(H,15,19)(H,20,21)(H,22,23)/t5-,7+,8-/m0/s1. The molecule has 1 aliphatic rings. The van der Waals surface area contributed by atoms with Gasteiger partial charge in [-0.1, -0.05) is 0 Å². The minimum Gasteiger partial charge on any atom is -0.465 e. The zero-order valence-electron chi connectivity index (χ0n) is 12.0. The lowest BCUT2D eigenvalue weighted by Crippen LogP contribution is -2.68. The number of rotatable bonds is 7. The Morgan fingerprint density at radius 2 is 2.17 bits per heavy atom. The molecule has 12 nitrogen and oxygen atoms in total. The van der Waals surface area contributed by atoms with Crippen LogP contribution in [-0.4, -0.2) is 61.9 Å². The molecule has 1 fully saturated rings. The van der Waals surface area contributed by atoms with Gasteiger partial charge in [-0.15, -0.1) is 0 Å². The molecule has 2 rings (SSSR count). The molecule has 12 heteroatoms. The molecule has 0 bridgehead atoms. The van der Waals surface area contributed by atoms with E-state index in [1.165, 1.54) is 11.0 Å². The van der Waals surface area contributed by atoms with Crippen molar-refractivity contribution in [2.45, 2.75) is 31.1 Å². The first-order chi connectivity index (χ1) is 10.9. The van der Waals surface area contributed by atoms with E-state index < -0.39 is 24.3 Å². The Kier molecular flexibility index (Phi) is 4.95. The number of nitrogens with two attached hydrogens (primary N) is 1. The quantitative estimate of drug-likeness (QED) is 0.312. The lowest BCUT2D eigenvalue weighted by Gasteiger charge is -2.33. The van der Waals surface area contributed by atoms with Crippen LogP contribution in [-0.2, 0) is 11.3 Å². The van der Waals surface area contributed by atoms with Crippen LogP contribution >= 0.6 is 0 Å². The van der Waals surface area contributed by atoms with Gasteiger partial charge in [-0.05, 0) is 6.42 Å². The SMILES string of the molecule is N[C@@H]1C(=O)N[C@@H]1Cn1ncc([C@H](CCNC(=O)O)NC(=O)O)n1. The Bertz CT molecular complexity index is 603. The number of nitrogens with zero attached hydrogens (tertiary/aromatic N) is 3. The molecular weight excluding hydrogens is 310 g/mol. The molecule has 0 unspecified atom stereocenters. The van der Waals surface area contributed by atoms with Gasteiger partial charge in [0, 0.05) is 6.54 Å². The third kappa shape index (κ3) is 4.29. The summed E-state index contributed by atoms with van der Waals surface area (Å²) in [7, 11) is 0. The zero-order valence-corrected chi connectivity index (χ0v) is 12.0. The van der Waals surface area contributed by atoms with E-state index in [0.717, 1.165) is 0 Å². The maximum Gasteiger partial charge on any atom is 0.405 e. The van der Waals surface area contributed by atoms with Gasteiger partial charge in [0.05, 0.1) is 24.8 Å². The van der Waals surface area contributed by atoms with E-state index in [9.17, 15) is 14.4 Å². The second kappa shape index (κ2) is 6.91. The minimum absolute atomic E-state index is 0.0523. The van der Waals surface area contributed by atoms with Gasteiger partial charge in [-0.3, -0.25) is 4.79 Å². The van der Waals surface area contributed by atoms with Crippen LogP contribution in [0.1, 0.15) is 18.2 Å². The summed E-state index contributed by atoms with van der Waals surface area (Å²) in [4.78, 5) is 33.6. The maximum absolute atomic E-state index is 11.0. The van der Waals surface area contributed by atoms with Crippen molar-refractivity contribution in [3.8, 4) is 0 Å². The highest BCUT2D eigenvalue weighted by atomic mass is 16.4. The summed E-state index contributed by atoms with van der Waals surface area (Å²) < 4.78 is 0. The molecule has 0 aliphatic carbocycles. The number of carboxylic acid groups (broad SMARTS) is 2. The maximum atomic E-state index is 11.0. The predicted molar refractivity (Wildman–Crippen MR) is 74.5 cm³/mol. The average Bonchev–Trinajstić information content (AvgIpc) is 2.93. The number of β-lactam (4-membered cyclic amide) rings is 1. The lowest BCUT2D eigenvalue weighted by atomic mass is 10.0. The minimum atomic E-state index is -1.26. The molecule has 0 spiro atoms. The number of carbonyl (C=O) groups is 3. The van der Waals surface area contributed by atoms with E-state index in [-0.39, 0.29) is 31.5 Å². The van der Waals surface area contributed by atoms with E-state index >= 15 is 0 Å².